The normalized spacial score (nSPS) is 19.0. The molecule has 10 heteroatoms. The van der Waals surface area contributed by atoms with Gasteiger partial charge in [0.15, 0.2) is 0 Å². The average Bonchev–Trinajstić information content (AvgIpc) is 3.49. The number of nitrogens with zero attached hydrogens (tertiary/aromatic N) is 5. The number of nitrogens with one attached hydrogen (secondary N) is 1. The molecule has 0 bridgehead atoms. The van der Waals surface area contributed by atoms with Crippen LogP contribution in [-0.4, -0.2) is 75.9 Å². The molecule has 2 aromatic heterocycles. The van der Waals surface area contributed by atoms with Gasteiger partial charge in [-0.3, -0.25) is 4.79 Å². The average molecular weight is 521 g/mol. The highest BCUT2D eigenvalue weighted by molar-refractivity contribution is 5.85. The van der Waals surface area contributed by atoms with Crippen LogP contribution in [0.15, 0.2) is 36.7 Å². The molecule has 0 radical (unpaired) electrons. The van der Waals surface area contributed by atoms with Crippen LogP contribution in [0.4, 0.5) is 10.5 Å². The molecule has 2 saturated heterocycles. The Balaban J connectivity index is 1.30. The van der Waals surface area contributed by atoms with E-state index in [1.165, 1.54) is 0 Å². The monoisotopic (exact) mass is 520 g/mol. The first kappa shape index (κ1) is 25.8. The summed E-state index contributed by atoms with van der Waals surface area (Å²) < 4.78 is 13.7. The second-order valence-corrected chi connectivity index (χ2v) is 11.1. The van der Waals surface area contributed by atoms with Crippen molar-refractivity contribution in [1.29, 1.82) is 0 Å². The molecule has 5 rings (SSSR count). The first-order valence-electron chi connectivity index (χ1n) is 13.2. The summed E-state index contributed by atoms with van der Waals surface area (Å²) in [6.45, 7) is 11.0. The van der Waals surface area contributed by atoms with E-state index in [9.17, 15) is 9.59 Å². The van der Waals surface area contributed by atoms with Crippen molar-refractivity contribution in [1.82, 2.24) is 24.8 Å². The van der Waals surface area contributed by atoms with E-state index >= 15 is 0 Å². The fourth-order valence-electron chi connectivity index (χ4n) is 4.92. The molecule has 202 valence electrons. The minimum Gasteiger partial charge on any atom is -0.473 e. The van der Waals surface area contributed by atoms with Crippen molar-refractivity contribution in [2.24, 2.45) is 13.0 Å². The number of aryl methyl sites for hydroxylation is 1. The molecule has 2 fully saturated rings. The molecule has 1 aromatic carbocycles. The molecular formula is C28H36N6O4. The van der Waals surface area contributed by atoms with Gasteiger partial charge < -0.3 is 29.2 Å². The van der Waals surface area contributed by atoms with Gasteiger partial charge in [-0.05, 0) is 45.9 Å². The molecule has 2 unspecified atom stereocenters. The summed E-state index contributed by atoms with van der Waals surface area (Å²) >= 11 is 0. The molecule has 3 aromatic rings. The van der Waals surface area contributed by atoms with Gasteiger partial charge in [0, 0.05) is 63.4 Å². The van der Waals surface area contributed by atoms with Crippen LogP contribution in [0.2, 0.25) is 0 Å². The quantitative estimate of drug-likeness (QED) is 0.549. The van der Waals surface area contributed by atoms with Crippen molar-refractivity contribution in [3.63, 3.8) is 0 Å². The molecule has 2 aliphatic rings. The Kier molecular flexibility index (Phi) is 6.90. The molecule has 1 N–H and O–H groups in total. The van der Waals surface area contributed by atoms with Crippen LogP contribution in [0.3, 0.4) is 0 Å². The number of carbonyl (C=O) groups is 2. The Bertz CT molecular complexity index is 1320. The van der Waals surface area contributed by atoms with Crippen molar-refractivity contribution >= 4 is 28.7 Å². The van der Waals surface area contributed by atoms with Crippen LogP contribution < -0.4 is 15.0 Å². The summed E-state index contributed by atoms with van der Waals surface area (Å²) in [5.41, 5.74) is 3.98. The van der Waals surface area contributed by atoms with Gasteiger partial charge in [-0.15, -0.1) is 0 Å². The maximum atomic E-state index is 12.4. The maximum Gasteiger partial charge on any atom is 0.410 e. The Morgan fingerprint density at radius 2 is 1.84 bits per heavy atom. The Hall–Kier alpha value is -3.82. The zero-order valence-electron chi connectivity index (χ0n) is 22.7. The number of ether oxygens (including phenoxy) is 2. The van der Waals surface area contributed by atoms with Crippen LogP contribution in [0.25, 0.3) is 22.3 Å². The predicted molar refractivity (Wildman–Crippen MR) is 145 cm³/mol. The van der Waals surface area contributed by atoms with Gasteiger partial charge in [-0.2, -0.15) is 0 Å². The second-order valence-electron chi connectivity index (χ2n) is 11.1. The summed E-state index contributed by atoms with van der Waals surface area (Å²) in [6.07, 6.45) is 1.79. The third-order valence-corrected chi connectivity index (χ3v) is 7.09. The van der Waals surface area contributed by atoms with Gasteiger partial charge in [0.2, 0.25) is 11.8 Å². The van der Waals surface area contributed by atoms with Crippen LogP contribution in [0, 0.1) is 5.92 Å². The first-order valence-corrected chi connectivity index (χ1v) is 13.2. The van der Waals surface area contributed by atoms with Crippen molar-refractivity contribution in [3.05, 3.63) is 36.7 Å². The number of fused-ring (bicyclic) bond motifs is 1. The van der Waals surface area contributed by atoms with Crippen LogP contribution in [0.5, 0.6) is 5.88 Å². The lowest BCUT2D eigenvalue weighted by Gasteiger charge is -2.36. The van der Waals surface area contributed by atoms with E-state index in [0.29, 0.717) is 31.9 Å². The van der Waals surface area contributed by atoms with Crippen LogP contribution in [-0.2, 0) is 16.6 Å². The van der Waals surface area contributed by atoms with E-state index in [1.54, 1.807) is 11.2 Å². The van der Waals surface area contributed by atoms with Gasteiger partial charge in [0.1, 0.15) is 17.2 Å². The number of pyridine rings is 1. The van der Waals surface area contributed by atoms with Gasteiger partial charge in [0.25, 0.3) is 0 Å². The first-order chi connectivity index (χ1) is 18.1. The Morgan fingerprint density at radius 1 is 1.13 bits per heavy atom. The highest BCUT2D eigenvalue weighted by atomic mass is 16.6. The zero-order chi connectivity index (χ0) is 27.0. The summed E-state index contributed by atoms with van der Waals surface area (Å²) in [7, 11) is 1.92. The van der Waals surface area contributed by atoms with E-state index in [4.69, 9.17) is 14.5 Å². The topological polar surface area (TPSA) is 102 Å². The third-order valence-electron chi connectivity index (χ3n) is 7.09. The molecule has 2 atom stereocenters. The van der Waals surface area contributed by atoms with E-state index in [2.05, 4.69) is 39.5 Å². The van der Waals surface area contributed by atoms with Crippen molar-refractivity contribution in [3.8, 4) is 17.1 Å². The SMILES string of the molecule is CC(Oc1nc(-c2ccc(N3CCN(C(=O)OC(C)(C)C)CC3)cc2)cc2ncn(C)c12)C1CNC(=O)C1. The predicted octanol–water partition coefficient (Wildman–Crippen LogP) is 3.60. The number of anilines is 1. The molecule has 0 aliphatic carbocycles. The van der Waals surface area contributed by atoms with Gasteiger partial charge in [-0.1, -0.05) is 12.1 Å². The smallest absolute Gasteiger partial charge is 0.410 e. The number of imidazole rings is 1. The molecule has 0 spiro atoms. The summed E-state index contributed by atoms with van der Waals surface area (Å²) in [5, 5.41) is 2.88. The fourth-order valence-corrected chi connectivity index (χ4v) is 4.92. The van der Waals surface area contributed by atoms with Crippen molar-refractivity contribution < 1.29 is 19.1 Å². The van der Waals surface area contributed by atoms with Crippen LogP contribution >= 0.6 is 0 Å². The number of carbonyl (C=O) groups excluding carboxylic acids is 2. The standard InChI is InChI=1S/C28H36N6O4/c1-18(20-14-24(35)29-16-20)37-26-25-23(30-17-32(25)5)15-22(31-26)19-6-8-21(9-7-19)33-10-12-34(13-11-33)27(36)38-28(2,3)4/h6-9,15,17-18,20H,10-14,16H2,1-5H3,(H,29,35). The Morgan fingerprint density at radius 3 is 2.47 bits per heavy atom. The summed E-state index contributed by atoms with van der Waals surface area (Å²) in [6, 6.07) is 10.3. The van der Waals surface area contributed by atoms with Gasteiger partial charge >= 0.3 is 6.09 Å². The molecule has 10 nitrogen and oxygen atoms in total. The molecule has 2 amide bonds. The minimum absolute atomic E-state index is 0.0594. The highest BCUT2D eigenvalue weighted by Gasteiger charge is 2.29. The lowest BCUT2D eigenvalue weighted by atomic mass is 10.0. The summed E-state index contributed by atoms with van der Waals surface area (Å²) in [5.74, 6) is 0.683. The second kappa shape index (κ2) is 10.2. The molecule has 38 heavy (non-hydrogen) atoms. The number of hydrogen-bond acceptors (Lipinski definition) is 7. The molecule has 4 heterocycles. The minimum atomic E-state index is -0.494. The molecular weight excluding hydrogens is 484 g/mol. The van der Waals surface area contributed by atoms with Crippen molar-refractivity contribution in [2.75, 3.05) is 37.6 Å². The number of piperazine rings is 1. The maximum absolute atomic E-state index is 12.4. The van der Waals surface area contributed by atoms with E-state index < -0.39 is 5.60 Å². The highest BCUT2D eigenvalue weighted by Crippen LogP contribution is 2.31. The number of amides is 2. The largest absolute Gasteiger partial charge is 0.473 e. The van der Waals surface area contributed by atoms with Crippen LogP contribution in [0.1, 0.15) is 34.1 Å². The Labute approximate surface area is 222 Å². The van der Waals surface area contributed by atoms with E-state index in [-0.39, 0.29) is 24.0 Å². The zero-order valence-corrected chi connectivity index (χ0v) is 22.7. The number of hydrogen-bond donors (Lipinski definition) is 1. The number of aromatic nitrogens is 3. The molecule has 2 aliphatic heterocycles. The number of benzene rings is 1. The van der Waals surface area contributed by atoms with Gasteiger partial charge in [-0.25, -0.2) is 14.8 Å². The molecule has 0 saturated carbocycles. The number of rotatable bonds is 5. The summed E-state index contributed by atoms with van der Waals surface area (Å²) in [4.78, 5) is 37.5. The lowest BCUT2D eigenvalue weighted by Crippen LogP contribution is -2.50. The lowest BCUT2D eigenvalue weighted by molar-refractivity contribution is -0.119. The van der Waals surface area contributed by atoms with E-state index in [1.807, 2.05) is 45.4 Å². The van der Waals surface area contributed by atoms with Gasteiger partial charge in [0.05, 0.1) is 17.5 Å². The van der Waals surface area contributed by atoms with E-state index in [0.717, 1.165) is 41.1 Å². The third kappa shape index (κ3) is 5.54. The fraction of sp³-hybridized carbons (Fsp3) is 0.500. The van der Waals surface area contributed by atoms with Crippen molar-refractivity contribution in [2.45, 2.75) is 45.8 Å².